The van der Waals surface area contributed by atoms with Crippen LogP contribution >= 0.6 is 20.2 Å². The van der Waals surface area contributed by atoms with Crippen molar-refractivity contribution in [3.05, 3.63) is 110 Å². The topological polar surface area (TPSA) is 43.4 Å². The van der Waals surface area contributed by atoms with Gasteiger partial charge in [0, 0.05) is 0 Å². The molecule has 4 rings (SSSR count). The Balaban J connectivity index is 1.84. The molecule has 5 heteroatoms. The van der Waals surface area contributed by atoms with Crippen LogP contribution in [0.1, 0.15) is 5.56 Å². The average molecular weight is 502 g/mol. The van der Waals surface area contributed by atoms with Gasteiger partial charge in [-0.25, -0.2) is 0 Å². The first-order chi connectivity index (χ1) is 13.5. The van der Waals surface area contributed by atoms with E-state index in [0.717, 1.165) is 23.5 Å². The Morgan fingerprint density at radius 2 is 1.36 bits per heavy atom. The first-order valence-electron chi connectivity index (χ1n) is 8.79. The van der Waals surface area contributed by atoms with Crippen LogP contribution in [-0.2, 0) is 12.6 Å². The van der Waals surface area contributed by atoms with Crippen LogP contribution in [0.4, 0.5) is 0 Å². The van der Waals surface area contributed by atoms with Crippen molar-refractivity contribution in [1.29, 1.82) is 0 Å². The van der Waals surface area contributed by atoms with Gasteiger partial charge in [0.2, 0.25) is 0 Å². The summed E-state index contributed by atoms with van der Waals surface area (Å²) < 4.78 is 34.0. The molecule has 0 spiro atoms. The summed E-state index contributed by atoms with van der Waals surface area (Å²) in [6, 6.07) is 30.5. The van der Waals surface area contributed by atoms with E-state index in [1.807, 2.05) is 79.7 Å². The van der Waals surface area contributed by atoms with E-state index in [0.29, 0.717) is 0 Å². The van der Waals surface area contributed by atoms with Crippen LogP contribution in [0.15, 0.2) is 102 Å². The number of benzene rings is 4. The Labute approximate surface area is 173 Å². The quantitative estimate of drug-likeness (QED) is 0.314. The number of halogens is 1. The van der Waals surface area contributed by atoms with E-state index in [2.05, 4.69) is 0 Å². The zero-order valence-corrected chi connectivity index (χ0v) is 18.2. The number of aryl methyl sites for hydroxylation is 1. The van der Waals surface area contributed by atoms with Crippen molar-refractivity contribution < 1.29 is 10.9 Å². The van der Waals surface area contributed by atoms with Gasteiger partial charge in [-0.2, -0.15) is 0 Å². The van der Waals surface area contributed by atoms with E-state index in [1.54, 1.807) is 24.3 Å². The molecule has 0 atom stereocenters. The second-order valence-electron chi connectivity index (χ2n) is 6.34. The molecule has 0 saturated carbocycles. The van der Waals surface area contributed by atoms with E-state index in [1.165, 1.54) is 0 Å². The first kappa shape index (κ1) is 19.1. The van der Waals surface area contributed by atoms with Gasteiger partial charge < -0.3 is 0 Å². The average Bonchev–Trinajstić information content (AvgIpc) is 2.73. The summed E-state index contributed by atoms with van der Waals surface area (Å²) in [4.78, 5) is 0.191. The van der Waals surface area contributed by atoms with Gasteiger partial charge in [0.1, 0.15) is 0 Å². The minimum absolute atomic E-state index is 0.191. The molecule has 142 valence electrons. The standard InChI is InChI=1S/C23H19IO3S/c1-18-14-16-21(17-15-18)28(25,26)27-24(20-10-3-2-4-11-20)23-13-7-9-19-8-5-6-12-22(19)23/h2-17H,1H3. The molecule has 0 aliphatic heterocycles. The van der Waals surface area contributed by atoms with Crippen molar-refractivity contribution in [3.63, 3.8) is 0 Å². The molecule has 0 aromatic heterocycles. The van der Waals surface area contributed by atoms with Crippen LogP contribution in [0, 0.1) is 14.1 Å². The zero-order chi connectivity index (χ0) is 19.6. The summed E-state index contributed by atoms with van der Waals surface area (Å²) in [6.45, 7) is 1.93. The second kappa shape index (κ2) is 8.03. The summed E-state index contributed by atoms with van der Waals surface area (Å²) in [6.07, 6.45) is 0. The summed E-state index contributed by atoms with van der Waals surface area (Å²) in [5, 5.41) is 2.12. The van der Waals surface area contributed by atoms with Crippen LogP contribution in [-0.4, -0.2) is 8.42 Å². The summed E-state index contributed by atoms with van der Waals surface area (Å²) in [5.74, 6) is 0. The first-order valence-corrected chi connectivity index (χ1v) is 13.2. The molecule has 3 nitrogen and oxygen atoms in total. The predicted octanol–water partition coefficient (Wildman–Crippen LogP) is 6.01. The zero-order valence-electron chi connectivity index (χ0n) is 15.2. The molecular weight excluding hydrogens is 483 g/mol. The SMILES string of the molecule is Cc1ccc(S(=O)(=O)OI(c2ccccc2)c2cccc3ccccc23)cc1. The molecule has 0 aliphatic rings. The minimum atomic E-state index is -3.87. The van der Waals surface area contributed by atoms with E-state index in [9.17, 15) is 8.42 Å². The normalized spacial score (nSPS) is 12.1. The van der Waals surface area contributed by atoms with Crippen molar-refractivity contribution in [2.24, 2.45) is 0 Å². The van der Waals surface area contributed by atoms with Crippen molar-refractivity contribution in [1.82, 2.24) is 0 Å². The number of hydrogen-bond acceptors (Lipinski definition) is 3. The Bertz CT molecular complexity index is 1200. The molecule has 0 unspecified atom stereocenters. The van der Waals surface area contributed by atoms with Crippen molar-refractivity contribution in [2.75, 3.05) is 0 Å². The Kier molecular flexibility index (Phi) is 5.48. The molecule has 4 aromatic carbocycles. The molecule has 0 heterocycles. The summed E-state index contributed by atoms with van der Waals surface area (Å²) in [5.41, 5.74) is 1.01. The summed E-state index contributed by atoms with van der Waals surface area (Å²) in [7, 11) is -3.87. The molecule has 0 bridgehead atoms. The van der Waals surface area contributed by atoms with E-state index < -0.39 is 30.4 Å². The van der Waals surface area contributed by atoms with Gasteiger partial charge in [-0.1, -0.05) is 0 Å². The van der Waals surface area contributed by atoms with E-state index in [-0.39, 0.29) is 4.90 Å². The molecule has 28 heavy (non-hydrogen) atoms. The third kappa shape index (κ3) is 3.97. The van der Waals surface area contributed by atoms with Gasteiger partial charge in [-0.05, 0) is 0 Å². The molecule has 0 amide bonds. The van der Waals surface area contributed by atoms with Gasteiger partial charge in [-0.15, -0.1) is 0 Å². The summed E-state index contributed by atoms with van der Waals surface area (Å²) >= 11 is -2.72. The fourth-order valence-electron chi connectivity index (χ4n) is 2.88. The maximum absolute atomic E-state index is 13.1. The van der Waals surface area contributed by atoms with Crippen molar-refractivity contribution in [3.8, 4) is 0 Å². The molecule has 0 N–H and O–H groups in total. The van der Waals surface area contributed by atoms with Gasteiger partial charge in [0.15, 0.2) is 0 Å². The fraction of sp³-hybridized carbons (Fsp3) is 0.0435. The Hall–Kier alpha value is -2.22. The van der Waals surface area contributed by atoms with Crippen LogP contribution in [0.2, 0.25) is 0 Å². The number of rotatable bonds is 5. The molecule has 0 aliphatic carbocycles. The molecule has 0 radical (unpaired) electrons. The molecule has 0 saturated heterocycles. The van der Waals surface area contributed by atoms with Crippen LogP contribution in [0.5, 0.6) is 0 Å². The second-order valence-corrected chi connectivity index (χ2v) is 12.7. The third-order valence-corrected chi connectivity index (χ3v) is 11.8. The van der Waals surface area contributed by atoms with Crippen molar-refractivity contribution in [2.45, 2.75) is 11.8 Å². The molecule has 4 aromatic rings. The Morgan fingerprint density at radius 1 is 0.714 bits per heavy atom. The van der Waals surface area contributed by atoms with Crippen LogP contribution in [0.25, 0.3) is 10.8 Å². The monoisotopic (exact) mass is 502 g/mol. The van der Waals surface area contributed by atoms with Crippen LogP contribution < -0.4 is 0 Å². The van der Waals surface area contributed by atoms with Gasteiger partial charge in [0.25, 0.3) is 0 Å². The molecular formula is C23H19IO3S. The third-order valence-electron chi connectivity index (χ3n) is 4.31. The fourth-order valence-corrected chi connectivity index (χ4v) is 10.3. The van der Waals surface area contributed by atoms with Gasteiger partial charge in [0.05, 0.1) is 0 Å². The van der Waals surface area contributed by atoms with E-state index in [4.69, 9.17) is 2.51 Å². The van der Waals surface area contributed by atoms with Gasteiger partial charge >= 0.3 is 174 Å². The van der Waals surface area contributed by atoms with E-state index >= 15 is 0 Å². The Morgan fingerprint density at radius 3 is 2.11 bits per heavy atom. The number of hydrogen-bond donors (Lipinski definition) is 0. The van der Waals surface area contributed by atoms with Crippen LogP contribution in [0.3, 0.4) is 0 Å². The maximum atomic E-state index is 13.1. The number of fused-ring (bicyclic) bond motifs is 1. The van der Waals surface area contributed by atoms with Crippen molar-refractivity contribution >= 4 is 41.1 Å². The van der Waals surface area contributed by atoms with Gasteiger partial charge in [-0.3, -0.25) is 0 Å². The predicted molar refractivity (Wildman–Crippen MR) is 121 cm³/mol. The molecule has 0 fully saturated rings.